The number of rotatable bonds is 9. The highest BCUT2D eigenvalue weighted by atomic mass is 127. The van der Waals surface area contributed by atoms with Crippen LogP contribution in [0, 0.1) is 0 Å². The summed E-state index contributed by atoms with van der Waals surface area (Å²) in [5.41, 5.74) is 0.809. The van der Waals surface area contributed by atoms with E-state index in [0.717, 1.165) is 29.3 Å². The highest BCUT2D eigenvalue weighted by Crippen LogP contribution is 2.20. The molecule has 2 aromatic rings. The molecule has 2 rings (SSSR count). The summed E-state index contributed by atoms with van der Waals surface area (Å²) >= 11 is 1.68. The molecule has 0 saturated carbocycles. The van der Waals surface area contributed by atoms with Gasteiger partial charge in [-0.15, -0.1) is 35.3 Å². The Balaban J connectivity index is 0.00000392. The van der Waals surface area contributed by atoms with Crippen LogP contribution >= 0.6 is 35.3 Å². The lowest BCUT2D eigenvalue weighted by Gasteiger charge is -2.17. The third kappa shape index (κ3) is 8.32. The van der Waals surface area contributed by atoms with E-state index < -0.39 is 6.10 Å². The lowest BCUT2D eigenvalue weighted by molar-refractivity contribution is 0.179. The number of guanidine groups is 1. The Bertz CT molecular complexity index is 737. The molecule has 1 atom stereocenters. The normalized spacial score (nSPS) is 12.4. The van der Waals surface area contributed by atoms with Gasteiger partial charge in [-0.25, -0.2) is 9.98 Å². The fraction of sp³-hybridized carbons (Fsp3) is 0.500. The number of halogens is 1. The van der Waals surface area contributed by atoms with Crippen LogP contribution in [0.1, 0.15) is 49.2 Å². The number of nitrogens with zero attached hydrogens (tertiary/aromatic N) is 2. The molecule has 0 radical (unpaired) electrons. The molecular formula is C20H31IN4O2S. The molecule has 3 N–H and O–H groups in total. The zero-order valence-electron chi connectivity index (χ0n) is 16.9. The van der Waals surface area contributed by atoms with Crippen molar-refractivity contribution >= 4 is 41.3 Å². The van der Waals surface area contributed by atoms with Gasteiger partial charge in [0.15, 0.2) is 5.96 Å². The number of nitrogens with one attached hydrogen (secondary N) is 2. The van der Waals surface area contributed by atoms with Gasteiger partial charge in [0.25, 0.3) is 0 Å². The zero-order valence-corrected chi connectivity index (χ0v) is 20.1. The van der Waals surface area contributed by atoms with Crippen molar-refractivity contribution < 1.29 is 9.84 Å². The first-order chi connectivity index (χ1) is 13.0. The summed E-state index contributed by atoms with van der Waals surface area (Å²) in [6.45, 7) is 9.72. The average Bonchev–Trinajstić information content (AvgIpc) is 3.11. The van der Waals surface area contributed by atoms with Crippen LogP contribution in [0.25, 0.3) is 0 Å². The van der Waals surface area contributed by atoms with E-state index in [2.05, 4.69) is 27.5 Å². The van der Waals surface area contributed by atoms with Gasteiger partial charge in [-0.3, -0.25) is 0 Å². The van der Waals surface area contributed by atoms with Crippen molar-refractivity contribution in [2.75, 3.05) is 13.1 Å². The quantitative estimate of drug-likeness (QED) is 0.267. The Morgan fingerprint density at radius 1 is 1.29 bits per heavy atom. The van der Waals surface area contributed by atoms with Crippen LogP contribution in [0.15, 0.2) is 35.5 Å². The van der Waals surface area contributed by atoms with E-state index in [1.807, 2.05) is 51.2 Å². The molecule has 1 unspecified atom stereocenters. The number of aryl methyl sites for hydroxylation is 1. The third-order valence-electron chi connectivity index (χ3n) is 3.74. The largest absolute Gasteiger partial charge is 0.491 e. The minimum Gasteiger partial charge on any atom is -0.491 e. The number of aliphatic imine (C=N–C) groups is 1. The molecule has 0 aliphatic heterocycles. The number of ether oxygens (including phenoxy) is 1. The minimum absolute atomic E-state index is 0. The summed E-state index contributed by atoms with van der Waals surface area (Å²) in [6, 6.07) is 7.56. The lowest BCUT2D eigenvalue weighted by Crippen LogP contribution is -2.39. The molecule has 1 heterocycles. The molecule has 0 bridgehead atoms. The van der Waals surface area contributed by atoms with Gasteiger partial charge in [0.1, 0.15) is 10.8 Å². The molecule has 0 aliphatic carbocycles. The van der Waals surface area contributed by atoms with E-state index in [1.165, 1.54) is 4.88 Å². The second-order valence-corrected chi connectivity index (χ2v) is 7.60. The molecule has 0 aliphatic rings. The number of hydrogen-bond donors (Lipinski definition) is 3. The van der Waals surface area contributed by atoms with Crippen molar-refractivity contribution in [2.24, 2.45) is 4.99 Å². The highest BCUT2D eigenvalue weighted by Gasteiger charge is 2.10. The predicted octanol–water partition coefficient (Wildman–Crippen LogP) is 3.90. The number of aromatic nitrogens is 1. The lowest BCUT2D eigenvalue weighted by atomic mass is 10.1. The van der Waals surface area contributed by atoms with Gasteiger partial charge in [0, 0.05) is 24.2 Å². The Labute approximate surface area is 188 Å². The number of benzene rings is 1. The second-order valence-electron chi connectivity index (χ2n) is 6.40. The minimum atomic E-state index is -0.656. The van der Waals surface area contributed by atoms with Crippen molar-refractivity contribution in [1.82, 2.24) is 15.6 Å². The zero-order chi connectivity index (χ0) is 19.6. The topological polar surface area (TPSA) is 78.8 Å². The highest BCUT2D eigenvalue weighted by molar-refractivity contribution is 14.0. The Morgan fingerprint density at radius 3 is 2.71 bits per heavy atom. The molecule has 1 aromatic carbocycles. The maximum Gasteiger partial charge on any atom is 0.191 e. The number of aliphatic hydroxyl groups excluding tert-OH is 1. The summed E-state index contributed by atoms with van der Waals surface area (Å²) in [5, 5.41) is 17.9. The van der Waals surface area contributed by atoms with Gasteiger partial charge in [0.2, 0.25) is 0 Å². The number of hydrogen-bond acceptors (Lipinski definition) is 5. The molecule has 0 saturated heterocycles. The maximum atomic E-state index is 10.5. The van der Waals surface area contributed by atoms with Gasteiger partial charge < -0.3 is 20.5 Å². The van der Waals surface area contributed by atoms with E-state index in [9.17, 15) is 5.11 Å². The molecule has 6 nitrogen and oxygen atoms in total. The molecule has 0 fully saturated rings. The number of aliphatic hydroxyl groups is 1. The van der Waals surface area contributed by atoms with Crippen LogP contribution in [0.2, 0.25) is 0 Å². The van der Waals surface area contributed by atoms with Gasteiger partial charge in [-0.1, -0.05) is 19.1 Å². The van der Waals surface area contributed by atoms with Gasteiger partial charge >= 0.3 is 0 Å². The second kappa shape index (κ2) is 12.9. The first kappa shape index (κ1) is 24.6. The first-order valence-electron chi connectivity index (χ1n) is 9.42. The third-order valence-corrected chi connectivity index (χ3v) is 4.87. The van der Waals surface area contributed by atoms with Crippen molar-refractivity contribution in [3.8, 4) is 5.75 Å². The number of thiazole rings is 1. The molecule has 1 aromatic heterocycles. The fourth-order valence-corrected chi connectivity index (χ4v) is 3.24. The summed E-state index contributed by atoms with van der Waals surface area (Å²) in [4.78, 5) is 10.2. The Hall–Kier alpha value is -1.39. The van der Waals surface area contributed by atoms with Crippen molar-refractivity contribution in [2.45, 2.75) is 52.9 Å². The van der Waals surface area contributed by atoms with E-state index >= 15 is 0 Å². The van der Waals surface area contributed by atoms with Crippen LogP contribution < -0.4 is 15.4 Å². The van der Waals surface area contributed by atoms with Crippen molar-refractivity contribution in [3.05, 3.63) is 45.9 Å². The van der Waals surface area contributed by atoms with Gasteiger partial charge in [-0.2, -0.15) is 0 Å². The first-order valence-corrected chi connectivity index (χ1v) is 10.2. The van der Waals surface area contributed by atoms with Crippen molar-refractivity contribution in [1.29, 1.82) is 0 Å². The summed E-state index contributed by atoms with van der Waals surface area (Å²) < 4.78 is 5.69. The van der Waals surface area contributed by atoms with E-state index in [4.69, 9.17) is 4.74 Å². The van der Waals surface area contributed by atoms with Crippen LogP contribution in [-0.4, -0.2) is 35.2 Å². The van der Waals surface area contributed by atoms with Crippen LogP contribution in [0.4, 0.5) is 0 Å². The van der Waals surface area contributed by atoms with Gasteiger partial charge in [0.05, 0.1) is 18.8 Å². The van der Waals surface area contributed by atoms with Crippen LogP contribution in [-0.2, 0) is 13.0 Å². The molecule has 0 spiro atoms. The van der Waals surface area contributed by atoms with E-state index in [-0.39, 0.29) is 30.1 Å². The standard InChI is InChI=1S/C20H30N4O2S.HI/c1-5-17-11-22-19(27-17)13-24-20(21-6-2)23-12-18(25)15-8-7-9-16(10-15)26-14(3)4;/h7-11,14,18,25H,5-6,12-13H2,1-4H3,(H2,21,23,24);1H. The predicted molar refractivity (Wildman–Crippen MR) is 127 cm³/mol. The molecule has 0 amide bonds. The fourth-order valence-electron chi connectivity index (χ4n) is 2.45. The summed E-state index contributed by atoms with van der Waals surface area (Å²) in [7, 11) is 0. The summed E-state index contributed by atoms with van der Waals surface area (Å²) in [5.74, 6) is 1.43. The molecule has 156 valence electrons. The SMILES string of the molecule is CCNC(=NCc1ncc(CC)s1)NCC(O)c1cccc(OC(C)C)c1.I. The monoisotopic (exact) mass is 518 g/mol. The smallest absolute Gasteiger partial charge is 0.191 e. The van der Waals surface area contributed by atoms with E-state index in [1.54, 1.807) is 11.3 Å². The van der Waals surface area contributed by atoms with Gasteiger partial charge in [-0.05, 0) is 44.9 Å². The summed E-state index contributed by atoms with van der Waals surface area (Å²) in [6.07, 6.45) is 2.34. The molecular weight excluding hydrogens is 487 g/mol. The molecule has 28 heavy (non-hydrogen) atoms. The van der Waals surface area contributed by atoms with E-state index in [0.29, 0.717) is 19.0 Å². The van der Waals surface area contributed by atoms with Crippen LogP contribution in [0.3, 0.4) is 0 Å². The molecule has 8 heteroatoms. The van der Waals surface area contributed by atoms with Crippen LogP contribution in [0.5, 0.6) is 5.75 Å². The Morgan fingerprint density at radius 2 is 2.07 bits per heavy atom. The van der Waals surface area contributed by atoms with Crippen molar-refractivity contribution in [3.63, 3.8) is 0 Å². The average molecular weight is 518 g/mol. The maximum absolute atomic E-state index is 10.5. The Kier molecular flexibility index (Phi) is 11.4.